The second-order valence-corrected chi connectivity index (χ2v) is 5.54. The topological polar surface area (TPSA) is 66.4 Å². The van der Waals surface area contributed by atoms with E-state index in [1.165, 1.54) is 12.1 Å². The number of carboxylic acids is 1. The Hall–Kier alpha value is -3.54. The van der Waals surface area contributed by atoms with Gasteiger partial charge in [0.05, 0.1) is 11.3 Å². The minimum absolute atomic E-state index is 0.0357. The molecular formula is C20H13F2NO3. The third-order valence-corrected chi connectivity index (χ3v) is 3.73. The molecule has 3 aromatic rings. The van der Waals surface area contributed by atoms with Crippen LogP contribution in [0.3, 0.4) is 0 Å². The second kappa shape index (κ2) is 7.14. The van der Waals surface area contributed by atoms with Crippen LogP contribution in [0, 0.1) is 11.6 Å². The first-order chi connectivity index (χ1) is 12.4. The van der Waals surface area contributed by atoms with Crippen molar-refractivity contribution in [1.29, 1.82) is 0 Å². The molecule has 0 spiro atoms. The van der Waals surface area contributed by atoms with Crippen molar-refractivity contribution >= 4 is 17.6 Å². The fraction of sp³-hybridized carbons (Fsp3) is 0. The summed E-state index contributed by atoms with van der Waals surface area (Å²) in [6.45, 7) is 0. The van der Waals surface area contributed by atoms with Gasteiger partial charge in [-0.25, -0.2) is 13.6 Å². The first-order valence-electron chi connectivity index (χ1n) is 7.64. The zero-order chi connectivity index (χ0) is 18.7. The number of halogens is 2. The molecule has 3 rings (SSSR count). The van der Waals surface area contributed by atoms with Crippen LogP contribution in [-0.2, 0) is 0 Å². The van der Waals surface area contributed by atoms with E-state index in [4.69, 9.17) is 0 Å². The van der Waals surface area contributed by atoms with Gasteiger partial charge in [0.1, 0.15) is 11.6 Å². The number of carbonyl (C=O) groups is 2. The zero-order valence-electron chi connectivity index (χ0n) is 13.4. The summed E-state index contributed by atoms with van der Waals surface area (Å²) in [6, 6.07) is 16.1. The van der Waals surface area contributed by atoms with Crippen LogP contribution in [0.15, 0.2) is 66.7 Å². The van der Waals surface area contributed by atoms with E-state index in [2.05, 4.69) is 5.32 Å². The van der Waals surface area contributed by atoms with Crippen LogP contribution in [0.2, 0.25) is 0 Å². The van der Waals surface area contributed by atoms with E-state index in [-0.39, 0.29) is 16.8 Å². The number of hydrogen-bond acceptors (Lipinski definition) is 2. The van der Waals surface area contributed by atoms with E-state index in [1.54, 1.807) is 6.07 Å². The average Bonchev–Trinajstić information content (AvgIpc) is 2.61. The quantitative estimate of drug-likeness (QED) is 0.721. The molecule has 0 unspecified atom stereocenters. The smallest absolute Gasteiger partial charge is 0.337 e. The first kappa shape index (κ1) is 17.3. The van der Waals surface area contributed by atoms with E-state index in [9.17, 15) is 23.5 Å². The highest BCUT2D eigenvalue weighted by atomic mass is 19.1. The second-order valence-electron chi connectivity index (χ2n) is 5.54. The Morgan fingerprint density at radius 1 is 0.808 bits per heavy atom. The molecule has 0 aliphatic heterocycles. The molecule has 1 amide bonds. The number of aromatic carboxylic acids is 1. The van der Waals surface area contributed by atoms with E-state index in [1.807, 2.05) is 30.3 Å². The summed E-state index contributed by atoms with van der Waals surface area (Å²) in [6.07, 6.45) is 0. The molecule has 6 heteroatoms. The summed E-state index contributed by atoms with van der Waals surface area (Å²) >= 11 is 0. The predicted molar refractivity (Wildman–Crippen MR) is 93.1 cm³/mol. The van der Waals surface area contributed by atoms with Gasteiger partial charge in [0, 0.05) is 11.6 Å². The Labute approximate surface area is 147 Å². The highest BCUT2D eigenvalue weighted by molar-refractivity contribution is 6.08. The highest BCUT2D eigenvalue weighted by Crippen LogP contribution is 2.26. The first-order valence-corrected chi connectivity index (χ1v) is 7.64. The summed E-state index contributed by atoms with van der Waals surface area (Å²) in [7, 11) is 0. The standard InChI is InChI=1S/C20H13F2NO3/c21-15-8-14(9-16(22)11-15)19(24)23-18-10-13(6-7-17(18)20(25)26)12-4-2-1-3-5-12/h1-11H,(H,23,24)(H,25,26). The Morgan fingerprint density at radius 2 is 1.46 bits per heavy atom. The van der Waals surface area contributed by atoms with Crippen molar-refractivity contribution in [1.82, 2.24) is 0 Å². The van der Waals surface area contributed by atoms with Crippen LogP contribution in [0.25, 0.3) is 11.1 Å². The molecule has 0 bridgehead atoms. The summed E-state index contributed by atoms with van der Waals surface area (Å²) < 4.78 is 26.6. The van der Waals surface area contributed by atoms with Gasteiger partial charge in [-0.1, -0.05) is 36.4 Å². The fourth-order valence-electron chi connectivity index (χ4n) is 2.52. The zero-order valence-corrected chi connectivity index (χ0v) is 13.4. The summed E-state index contributed by atoms with van der Waals surface area (Å²) in [5.74, 6) is -3.83. The lowest BCUT2D eigenvalue weighted by Crippen LogP contribution is -2.15. The molecule has 0 aliphatic carbocycles. The number of nitrogens with one attached hydrogen (secondary N) is 1. The monoisotopic (exact) mass is 353 g/mol. The van der Waals surface area contributed by atoms with Gasteiger partial charge >= 0.3 is 5.97 Å². The van der Waals surface area contributed by atoms with Crippen molar-refractivity contribution in [2.75, 3.05) is 5.32 Å². The number of amides is 1. The van der Waals surface area contributed by atoms with Crippen LogP contribution in [0.1, 0.15) is 20.7 Å². The van der Waals surface area contributed by atoms with Gasteiger partial charge < -0.3 is 10.4 Å². The van der Waals surface area contributed by atoms with Crippen molar-refractivity contribution in [2.45, 2.75) is 0 Å². The van der Waals surface area contributed by atoms with Crippen molar-refractivity contribution in [3.05, 3.63) is 89.5 Å². The third kappa shape index (κ3) is 3.75. The van der Waals surface area contributed by atoms with E-state index in [0.29, 0.717) is 11.6 Å². The molecule has 4 nitrogen and oxygen atoms in total. The lowest BCUT2D eigenvalue weighted by Gasteiger charge is -2.11. The molecule has 0 fully saturated rings. The minimum Gasteiger partial charge on any atom is -0.478 e. The maximum absolute atomic E-state index is 13.3. The summed E-state index contributed by atoms with van der Waals surface area (Å²) in [4.78, 5) is 23.7. The number of carbonyl (C=O) groups excluding carboxylic acids is 1. The van der Waals surface area contributed by atoms with Gasteiger partial charge in [-0.3, -0.25) is 4.79 Å². The summed E-state index contributed by atoms with van der Waals surface area (Å²) in [5, 5.41) is 11.7. The van der Waals surface area contributed by atoms with Gasteiger partial charge in [-0.15, -0.1) is 0 Å². The Bertz CT molecular complexity index is 967. The lowest BCUT2D eigenvalue weighted by molar-refractivity contribution is 0.0698. The van der Waals surface area contributed by atoms with E-state index >= 15 is 0 Å². The Morgan fingerprint density at radius 3 is 2.08 bits per heavy atom. The van der Waals surface area contributed by atoms with Crippen LogP contribution in [0.5, 0.6) is 0 Å². The molecule has 0 atom stereocenters. The van der Waals surface area contributed by atoms with Gasteiger partial charge in [0.15, 0.2) is 0 Å². The predicted octanol–water partition coefficient (Wildman–Crippen LogP) is 4.58. The van der Waals surface area contributed by atoms with Crippen molar-refractivity contribution in [2.24, 2.45) is 0 Å². The van der Waals surface area contributed by atoms with E-state index in [0.717, 1.165) is 17.7 Å². The molecule has 0 aromatic heterocycles. The van der Waals surface area contributed by atoms with Crippen LogP contribution < -0.4 is 5.32 Å². The third-order valence-electron chi connectivity index (χ3n) is 3.73. The maximum atomic E-state index is 13.3. The van der Waals surface area contributed by atoms with Crippen molar-refractivity contribution in [3.63, 3.8) is 0 Å². The molecule has 3 aromatic carbocycles. The molecule has 0 saturated carbocycles. The van der Waals surface area contributed by atoms with Crippen molar-refractivity contribution in [3.8, 4) is 11.1 Å². The number of hydrogen-bond donors (Lipinski definition) is 2. The Balaban J connectivity index is 1.99. The van der Waals surface area contributed by atoms with Crippen LogP contribution in [-0.4, -0.2) is 17.0 Å². The largest absolute Gasteiger partial charge is 0.478 e. The van der Waals surface area contributed by atoms with Gasteiger partial charge in [-0.2, -0.15) is 0 Å². The number of carboxylic acid groups (broad SMARTS) is 1. The van der Waals surface area contributed by atoms with E-state index < -0.39 is 23.5 Å². The van der Waals surface area contributed by atoms with Crippen LogP contribution in [0.4, 0.5) is 14.5 Å². The normalized spacial score (nSPS) is 10.4. The molecule has 130 valence electrons. The van der Waals surface area contributed by atoms with Gasteiger partial charge in [0.2, 0.25) is 0 Å². The van der Waals surface area contributed by atoms with Gasteiger partial charge in [-0.05, 0) is 35.4 Å². The summed E-state index contributed by atoms with van der Waals surface area (Å²) in [5.41, 5.74) is 1.18. The van der Waals surface area contributed by atoms with Crippen molar-refractivity contribution < 1.29 is 23.5 Å². The number of benzene rings is 3. The fourth-order valence-corrected chi connectivity index (χ4v) is 2.52. The molecule has 2 N–H and O–H groups in total. The average molecular weight is 353 g/mol. The minimum atomic E-state index is -1.23. The molecule has 26 heavy (non-hydrogen) atoms. The molecular weight excluding hydrogens is 340 g/mol. The number of anilines is 1. The Kier molecular flexibility index (Phi) is 4.75. The molecule has 0 radical (unpaired) electrons. The highest BCUT2D eigenvalue weighted by Gasteiger charge is 2.16. The van der Waals surface area contributed by atoms with Crippen LogP contribution >= 0.6 is 0 Å². The SMILES string of the molecule is O=C(Nc1cc(-c2ccccc2)ccc1C(=O)O)c1cc(F)cc(F)c1. The maximum Gasteiger partial charge on any atom is 0.337 e. The lowest BCUT2D eigenvalue weighted by atomic mass is 10.0. The molecule has 0 aliphatic rings. The molecule has 0 heterocycles. The number of rotatable bonds is 4. The van der Waals surface area contributed by atoms with Gasteiger partial charge in [0.25, 0.3) is 5.91 Å². The molecule has 0 saturated heterocycles.